The fourth-order valence-electron chi connectivity index (χ4n) is 2.28. The van der Waals surface area contributed by atoms with Crippen LogP contribution in [0, 0.1) is 0 Å². The lowest BCUT2D eigenvalue weighted by molar-refractivity contribution is -0.0500. The maximum absolute atomic E-state index is 12.4. The van der Waals surface area contributed by atoms with Gasteiger partial charge < -0.3 is 14.0 Å². The summed E-state index contributed by atoms with van der Waals surface area (Å²) in [6, 6.07) is 4.13. The summed E-state index contributed by atoms with van der Waals surface area (Å²) in [6.45, 7) is 5.82. The van der Waals surface area contributed by atoms with E-state index in [0.717, 1.165) is 25.7 Å². The molecule has 23 heavy (non-hydrogen) atoms. The van der Waals surface area contributed by atoms with Crippen molar-refractivity contribution in [1.82, 2.24) is 4.90 Å². The van der Waals surface area contributed by atoms with Crippen molar-refractivity contribution in [3.63, 3.8) is 0 Å². The predicted molar refractivity (Wildman–Crippen MR) is 81.4 cm³/mol. The molecule has 0 atom stereocenters. The Morgan fingerprint density at radius 1 is 1.22 bits per heavy atom. The second-order valence-electron chi connectivity index (χ2n) is 4.99. The van der Waals surface area contributed by atoms with Crippen molar-refractivity contribution in [2.75, 3.05) is 37.6 Å². The minimum absolute atomic E-state index is 0.148. The smallest absolute Gasteiger partial charge is 0.374 e. The first kappa shape index (κ1) is 18.2. The molecular weight excluding hydrogens is 357 g/mol. The Morgan fingerprint density at radius 2 is 1.83 bits per heavy atom. The Hall–Kier alpha value is -1.19. The van der Waals surface area contributed by atoms with Crippen molar-refractivity contribution in [2.24, 2.45) is 0 Å². The van der Waals surface area contributed by atoms with Crippen LogP contribution in [0.3, 0.4) is 0 Å². The van der Waals surface area contributed by atoms with Gasteiger partial charge in [-0.15, -0.1) is 0 Å². The lowest BCUT2D eigenvalue weighted by Crippen LogP contribution is -2.46. The third-order valence-corrected chi connectivity index (χ3v) is 4.93. The van der Waals surface area contributed by atoms with E-state index in [4.69, 9.17) is 11.6 Å². The van der Waals surface area contributed by atoms with E-state index in [1.807, 2.05) is 11.8 Å². The average molecular weight is 373 g/mol. The Balaban J connectivity index is 2.23. The van der Waals surface area contributed by atoms with E-state index in [-0.39, 0.29) is 5.02 Å². The van der Waals surface area contributed by atoms with Crippen LogP contribution in [0.2, 0.25) is 5.02 Å². The molecule has 1 saturated heterocycles. The van der Waals surface area contributed by atoms with Crippen LogP contribution in [0.5, 0.6) is 5.75 Å². The first-order valence-electron chi connectivity index (χ1n) is 6.92. The predicted octanol–water partition coefficient (Wildman–Crippen LogP) is 2.71. The van der Waals surface area contributed by atoms with Gasteiger partial charge >= 0.3 is 15.6 Å². The van der Waals surface area contributed by atoms with Crippen LogP contribution in [-0.2, 0) is 10.1 Å². The molecule has 2 rings (SSSR count). The van der Waals surface area contributed by atoms with E-state index in [9.17, 15) is 21.6 Å². The third kappa shape index (κ3) is 4.02. The highest BCUT2D eigenvalue weighted by Crippen LogP contribution is 2.37. The number of anilines is 1. The van der Waals surface area contributed by atoms with Gasteiger partial charge in [0.25, 0.3) is 0 Å². The topological polar surface area (TPSA) is 49.9 Å². The van der Waals surface area contributed by atoms with E-state index < -0.39 is 21.4 Å². The number of rotatable bonds is 4. The summed E-state index contributed by atoms with van der Waals surface area (Å²) in [7, 11) is -5.74. The van der Waals surface area contributed by atoms with Gasteiger partial charge in [0.2, 0.25) is 0 Å². The third-order valence-electron chi connectivity index (χ3n) is 3.59. The summed E-state index contributed by atoms with van der Waals surface area (Å²) in [4.78, 5) is 4.11. The molecule has 0 saturated carbocycles. The van der Waals surface area contributed by atoms with E-state index in [1.54, 1.807) is 6.07 Å². The molecule has 10 heteroatoms. The number of hydrogen-bond donors (Lipinski definition) is 0. The molecule has 0 aromatic heterocycles. The molecule has 0 bridgehead atoms. The zero-order valence-electron chi connectivity index (χ0n) is 12.3. The summed E-state index contributed by atoms with van der Waals surface area (Å²) < 4.78 is 63.6. The molecule has 1 fully saturated rings. The zero-order chi connectivity index (χ0) is 17.3. The van der Waals surface area contributed by atoms with Gasteiger partial charge in [-0.2, -0.15) is 21.6 Å². The fraction of sp³-hybridized carbons (Fsp3) is 0.538. The lowest BCUT2D eigenvalue weighted by Gasteiger charge is -2.36. The minimum Gasteiger partial charge on any atom is -0.374 e. The van der Waals surface area contributed by atoms with Gasteiger partial charge in [-0.3, -0.25) is 0 Å². The average Bonchev–Trinajstić information content (AvgIpc) is 2.48. The number of hydrogen-bond acceptors (Lipinski definition) is 5. The Morgan fingerprint density at radius 3 is 2.35 bits per heavy atom. The van der Waals surface area contributed by atoms with E-state index in [0.29, 0.717) is 18.8 Å². The Labute approximate surface area is 137 Å². The largest absolute Gasteiger partial charge is 0.534 e. The monoisotopic (exact) mass is 372 g/mol. The quantitative estimate of drug-likeness (QED) is 0.601. The summed E-state index contributed by atoms with van der Waals surface area (Å²) >= 11 is 6.06. The highest BCUT2D eigenvalue weighted by atomic mass is 35.5. The zero-order valence-corrected chi connectivity index (χ0v) is 13.9. The van der Waals surface area contributed by atoms with Gasteiger partial charge in [-0.05, 0) is 18.7 Å². The van der Waals surface area contributed by atoms with Gasteiger partial charge in [0.1, 0.15) is 5.02 Å². The number of alkyl halides is 3. The first-order chi connectivity index (χ1) is 10.7. The van der Waals surface area contributed by atoms with Crippen LogP contribution in [-0.4, -0.2) is 51.5 Å². The number of nitrogens with zero attached hydrogens (tertiary/aromatic N) is 2. The molecule has 1 aliphatic heterocycles. The van der Waals surface area contributed by atoms with Crippen molar-refractivity contribution in [2.45, 2.75) is 12.4 Å². The van der Waals surface area contributed by atoms with Gasteiger partial charge in [0, 0.05) is 26.2 Å². The molecule has 5 nitrogen and oxygen atoms in total. The lowest BCUT2D eigenvalue weighted by atomic mass is 10.2. The van der Waals surface area contributed by atoms with Crippen molar-refractivity contribution in [3.05, 3.63) is 23.2 Å². The highest BCUT2D eigenvalue weighted by molar-refractivity contribution is 7.88. The van der Waals surface area contributed by atoms with Crippen molar-refractivity contribution in [3.8, 4) is 5.75 Å². The molecule has 0 N–H and O–H groups in total. The van der Waals surface area contributed by atoms with Crippen LogP contribution < -0.4 is 9.08 Å². The molecule has 130 valence electrons. The molecule has 0 spiro atoms. The van der Waals surface area contributed by atoms with Crippen LogP contribution in [0.25, 0.3) is 0 Å². The molecule has 1 aliphatic rings. The Bertz CT molecular complexity index is 659. The number of piperazine rings is 1. The van der Waals surface area contributed by atoms with Crippen LogP contribution in [0.4, 0.5) is 18.9 Å². The van der Waals surface area contributed by atoms with Gasteiger partial charge in [-0.1, -0.05) is 24.6 Å². The van der Waals surface area contributed by atoms with Crippen LogP contribution in [0.1, 0.15) is 6.92 Å². The van der Waals surface area contributed by atoms with E-state index >= 15 is 0 Å². The van der Waals surface area contributed by atoms with E-state index in [1.165, 1.54) is 6.07 Å². The summed E-state index contributed by atoms with van der Waals surface area (Å²) in [5.74, 6) is -0.528. The molecule has 1 aromatic carbocycles. The molecule has 0 radical (unpaired) electrons. The van der Waals surface area contributed by atoms with Crippen LogP contribution in [0.15, 0.2) is 18.2 Å². The maximum atomic E-state index is 12.4. The molecule has 0 aliphatic carbocycles. The number of benzene rings is 1. The normalized spacial score (nSPS) is 17.3. The molecular formula is C13H16ClF3N2O3S. The summed E-state index contributed by atoms with van der Waals surface area (Å²) in [6.07, 6.45) is 0. The molecule has 0 unspecified atom stereocenters. The molecule has 1 heterocycles. The summed E-state index contributed by atoms with van der Waals surface area (Å²) in [5.41, 5.74) is -5.05. The van der Waals surface area contributed by atoms with Gasteiger partial charge in [0.15, 0.2) is 5.75 Å². The standard InChI is InChI=1S/C13H16ClF3N2O3S/c1-2-18-6-8-19(9-7-18)10-4-3-5-11(12(10)14)22-23(20,21)13(15,16)17/h3-5H,2,6-9H2,1H3. The highest BCUT2D eigenvalue weighted by Gasteiger charge is 2.48. The fourth-order valence-corrected chi connectivity index (χ4v) is 3.08. The van der Waals surface area contributed by atoms with Gasteiger partial charge in [-0.25, -0.2) is 0 Å². The van der Waals surface area contributed by atoms with Gasteiger partial charge in [0.05, 0.1) is 5.69 Å². The van der Waals surface area contributed by atoms with Crippen molar-refractivity contribution >= 4 is 27.4 Å². The molecule has 0 amide bonds. The van der Waals surface area contributed by atoms with Crippen molar-refractivity contribution in [1.29, 1.82) is 0 Å². The number of halogens is 4. The first-order valence-corrected chi connectivity index (χ1v) is 8.71. The molecule has 1 aromatic rings. The van der Waals surface area contributed by atoms with Crippen LogP contribution >= 0.6 is 11.6 Å². The second-order valence-corrected chi connectivity index (χ2v) is 6.91. The minimum atomic E-state index is -5.74. The van der Waals surface area contributed by atoms with E-state index in [2.05, 4.69) is 9.08 Å². The number of likely N-dealkylation sites (N-methyl/N-ethyl adjacent to an activating group) is 1. The maximum Gasteiger partial charge on any atom is 0.534 e. The summed E-state index contributed by atoms with van der Waals surface area (Å²) in [5, 5.41) is -0.148. The van der Waals surface area contributed by atoms with Crippen molar-refractivity contribution < 1.29 is 25.8 Å². The Kier molecular flexibility index (Phi) is 5.32. The SMILES string of the molecule is CCN1CCN(c2cccc(OS(=O)(=O)C(F)(F)F)c2Cl)CC1. The second kappa shape index (κ2) is 6.74.